The summed E-state index contributed by atoms with van der Waals surface area (Å²) in [6.45, 7) is 6.36. The van der Waals surface area contributed by atoms with Crippen LogP contribution in [0, 0.1) is 5.41 Å². The van der Waals surface area contributed by atoms with Crippen LogP contribution in [-0.2, 0) is 0 Å². The van der Waals surface area contributed by atoms with E-state index in [4.69, 9.17) is 0 Å². The molecule has 1 fully saturated rings. The van der Waals surface area contributed by atoms with Gasteiger partial charge in [0.05, 0.1) is 5.41 Å². The minimum Gasteiger partial charge on any atom is -0.107 e. The molecular weight excluding hydrogens is 110 g/mol. The molecule has 1 aliphatic carbocycles. The second kappa shape index (κ2) is 2.00. The summed E-state index contributed by atoms with van der Waals surface area (Å²) in [5.74, 6) is 0. The lowest BCUT2D eigenvalue weighted by atomic mass is 10.1. The van der Waals surface area contributed by atoms with Gasteiger partial charge in [0.25, 0.3) is 11.9 Å². The maximum Gasteiger partial charge on any atom is 0.282 e. The summed E-state index contributed by atoms with van der Waals surface area (Å²) < 4.78 is 4.25. The lowest BCUT2D eigenvalue weighted by molar-refractivity contribution is 0.797. The molecule has 0 amide bonds. The Morgan fingerprint density at radius 1 is 1.56 bits per heavy atom. The van der Waals surface area contributed by atoms with Gasteiger partial charge in [0.15, 0.2) is 0 Å². The minimum atomic E-state index is 0.479. The highest BCUT2D eigenvalue weighted by Crippen LogP contribution is 2.45. The number of hydrogen-bond acceptors (Lipinski definition) is 0. The van der Waals surface area contributed by atoms with Crippen molar-refractivity contribution in [1.29, 1.82) is 0 Å². The normalized spacial score (nSPS) is 20.3. The van der Waals surface area contributed by atoms with Crippen molar-refractivity contribution >= 4 is 11.9 Å². The first kappa shape index (κ1) is 6.57. The van der Waals surface area contributed by atoms with E-state index in [0.717, 1.165) is 0 Å². The summed E-state index contributed by atoms with van der Waals surface area (Å²) in [7, 11) is 0. The van der Waals surface area contributed by atoms with E-state index in [0.29, 0.717) is 5.41 Å². The molecule has 1 nitrogen and oxygen atoms in total. The second-order valence-corrected chi connectivity index (χ2v) is 3.03. The summed E-state index contributed by atoms with van der Waals surface area (Å²) in [4.78, 5) is 0. The van der Waals surface area contributed by atoms with Crippen LogP contribution in [0.5, 0.6) is 0 Å². The van der Waals surface area contributed by atoms with Crippen LogP contribution in [-0.4, -0.2) is 11.9 Å². The van der Waals surface area contributed by atoms with E-state index < -0.39 is 0 Å². The Balaban J connectivity index is 2.73. The van der Waals surface area contributed by atoms with Crippen LogP contribution in [0.2, 0.25) is 0 Å². The van der Waals surface area contributed by atoms with Gasteiger partial charge >= 0.3 is 0 Å². The molecule has 0 aliphatic heterocycles. The molecule has 0 aromatic carbocycles. The Morgan fingerprint density at radius 3 is 2.44 bits per heavy atom. The zero-order valence-corrected chi connectivity index (χ0v) is 6.44. The number of rotatable bonds is 1. The highest BCUT2D eigenvalue weighted by molar-refractivity contribution is 5.90. The lowest BCUT2D eigenvalue weighted by Crippen LogP contribution is -2.09. The lowest BCUT2D eigenvalue weighted by Gasteiger charge is -1.91. The fourth-order valence-electron chi connectivity index (χ4n) is 0.899. The van der Waals surface area contributed by atoms with Gasteiger partial charge in [-0.25, -0.2) is 0 Å². The van der Waals surface area contributed by atoms with E-state index in [1.807, 2.05) is 13.1 Å². The van der Waals surface area contributed by atoms with Gasteiger partial charge in [0.1, 0.15) is 0 Å². The van der Waals surface area contributed by atoms with Gasteiger partial charge in [-0.1, -0.05) is 0 Å². The predicted molar refractivity (Wildman–Crippen MR) is 41.9 cm³/mol. The predicted octanol–water partition coefficient (Wildman–Crippen LogP) is 1.41. The third-order valence-electron chi connectivity index (χ3n) is 2.20. The molecule has 0 aromatic rings. The summed E-state index contributed by atoms with van der Waals surface area (Å²) in [6, 6.07) is 0. The van der Waals surface area contributed by atoms with Crippen molar-refractivity contribution in [2.24, 2.45) is 5.41 Å². The molecule has 1 saturated carbocycles. The van der Waals surface area contributed by atoms with Crippen LogP contribution in [0.4, 0.5) is 0 Å². The van der Waals surface area contributed by atoms with E-state index in [2.05, 4.69) is 18.5 Å². The number of nitrogens with zero attached hydrogens (tertiary/aromatic N) is 1. The van der Waals surface area contributed by atoms with Gasteiger partial charge in [-0.3, -0.25) is 0 Å². The molecule has 1 rings (SSSR count). The second-order valence-electron chi connectivity index (χ2n) is 3.03. The maximum absolute atomic E-state index is 4.25. The molecule has 0 radical (unpaired) electrons. The first-order valence-corrected chi connectivity index (χ1v) is 3.52. The van der Waals surface area contributed by atoms with Crippen LogP contribution in [0.3, 0.4) is 0 Å². The molecule has 0 N–H and O–H groups in total. The molecule has 50 valence electrons. The van der Waals surface area contributed by atoms with E-state index in [1.54, 1.807) is 0 Å². The quantitative estimate of drug-likeness (QED) is 0.370. The van der Waals surface area contributed by atoms with Gasteiger partial charge in [-0.15, -0.1) is 4.67 Å². The Hall–Kier alpha value is -0.550. The first-order chi connectivity index (χ1) is 4.19. The molecule has 1 aliphatic rings. The number of hydrogen-bond donors (Lipinski definition) is 0. The average Bonchev–Trinajstić information content (AvgIpc) is 2.50. The maximum atomic E-state index is 4.25. The summed E-state index contributed by atoms with van der Waals surface area (Å²) in [6.07, 6.45) is 4.53. The zero-order valence-electron chi connectivity index (χ0n) is 6.44. The van der Waals surface area contributed by atoms with Gasteiger partial charge < -0.3 is 0 Å². The van der Waals surface area contributed by atoms with E-state index in [1.165, 1.54) is 18.6 Å². The Morgan fingerprint density at radius 2 is 2.11 bits per heavy atom. The van der Waals surface area contributed by atoms with Crippen LogP contribution in [0.25, 0.3) is 0 Å². The van der Waals surface area contributed by atoms with E-state index in [9.17, 15) is 0 Å². The monoisotopic (exact) mass is 124 g/mol. The molecule has 1 heteroatoms. The fraction of sp³-hybridized carbons (Fsp3) is 0.750. The average molecular weight is 124 g/mol. The van der Waals surface area contributed by atoms with Crippen LogP contribution >= 0.6 is 0 Å². The van der Waals surface area contributed by atoms with Crippen LogP contribution in [0.15, 0.2) is 0 Å². The summed E-state index contributed by atoms with van der Waals surface area (Å²) in [5.41, 5.74) is 1.77. The summed E-state index contributed by atoms with van der Waals surface area (Å²) >= 11 is 0. The molecule has 9 heavy (non-hydrogen) atoms. The first-order valence-electron chi connectivity index (χ1n) is 3.52. The van der Waals surface area contributed by atoms with Crippen molar-refractivity contribution in [3.05, 3.63) is 0 Å². The zero-order chi connectivity index (χ0) is 6.91. The third-order valence-corrected chi connectivity index (χ3v) is 2.20. The Bertz CT molecular complexity index is 169. The van der Waals surface area contributed by atoms with Gasteiger partial charge in [0.2, 0.25) is 0 Å². The topological polar surface area (TPSA) is 14.1 Å². The smallest absolute Gasteiger partial charge is 0.107 e. The fourth-order valence-corrected chi connectivity index (χ4v) is 0.899. The molecule has 0 saturated heterocycles. The van der Waals surface area contributed by atoms with Crippen molar-refractivity contribution in [3.63, 3.8) is 0 Å². The molecule has 0 aromatic heterocycles. The van der Waals surface area contributed by atoms with Gasteiger partial charge in [-0.2, -0.15) is 0 Å². The molecular formula is C8H14N+. The molecule has 0 spiro atoms. The Labute approximate surface area is 56.5 Å². The van der Waals surface area contributed by atoms with E-state index in [-0.39, 0.29) is 0 Å². The van der Waals surface area contributed by atoms with Crippen molar-refractivity contribution in [1.82, 2.24) is 4.67 Å². The van der Waals surface area contributed by atoms with Crippen molar-refractivity contribution in [3.8, 4) is 0 Å². The standard InChI is InChI=1S/C8H14N/c1-4-9-7(2)8(3)5-6-8/h4H,5-6H2,1-3H3/q+1. The molecule has 0 bridgehead atoms. The van der Waals surface area contributed by atoms with Crippen LogP contribution < -0.4 is 4.67 Å². The third kappa shape index (κ3) is 1.22. The molecule has 0 atom stereocenters. The largest absolute Gasteiger partial charge is 0.282 e. The minimum absolute atomic E-state index is 0.479. The highest BCUT2D eigenvalue weighted by atomic mass is 14.6. The molecule has 0 unspecified atom stereocenters. The van der Waals surface area contributed by atoms with Crippen molar-refractivity contribution in [2.75, 3.05) is 0 Å². The van der Waals surface area contributed by atoms with Crippen molar-refractivity contribution < 1.29 is 0 Å². The van der Waals surface area contributed by atoms with Crippen LogP contribution in [0.1, 0.15) is 33.6 Å². The van der Waals surface area contributed by atoms with Crippen molar-refractivity contribution in [2.45, 2.75) is 33.6 Å². The SMILES string of the molecule is CC=[N+]=C(C)C1(C)CC1. The Kier molecular flexibility index (Phi) is 1.46. The summed E-state index contributed by atoms with van der Waals surface area (Å²) in [5, 5.41) is 0. The highest BCUT2D eigenvalue weighted by Gasteiger charge is 2.46. The van der Waals surface area contributed by atoms with Gasteiger partial charge in [-0.05, 0) is 19.8 Å². The van der Waals surface area contributed by atoms with Gasteiger partial charge in [0, 0.05) is 13.8 Å². The molecule has 0 heterocycles. The van der Waals surface area contributed by atoms with E-state index >= 15 is 0 Å².